The standard InChI is InChI=1S/C12H14O2/c1-2-10-3-5-11(6-4-10)7-13-8-12-9-14-12/h2-6,12H,1,7-9H2/t12-/m0/s1. The Labute approximate surface area is 84.2 Å². The summed E-state index contributed by atoms with van der Waals surface area (Å²) in [6.07, 6.45) is 2.19. The molecular formula is C12H14O2. The molecule has 0 bridgehead atoms. The van der Waals surface area contributed by atoms with E-state index < -0.39 is 0 Å². The van der Waals surface area contributed by atoms with Crippen molar-refractivity contribution in [1.29, 1.82) is 0 Å². The molecule has 0 spiro atoms. The molecule has 1 heterocycles. The Morgan fingerprint density at radius 2 is 2.14 bits per heavy atom. The van der Waals surface area contributed by atoms with Crippen molar-refractivity contribution in [3.8, 4) is 0 Å². The highest BCUT2D eigenvalue weighted by atomic mass is 16.6. The minimum absolute atomic E-state index is 0.349. The zero-order valence-corrected chi connectivity index (χ0v) is 8.11. The predicted molar refractivity (Wildman–Crippen MR) is 55.9 cm³/mol. The van der Waals surface area contributed by atoms with E-state index in [0.717, 1.165) is 12.2 Å². The first-order chi connectivity index (χ1) is 6.88. The minimum atomic E-state index is 0.349. The van der Waals surface area contributed by atoms with Crippen LogP contribution in [0.4, 0.5) is 0 Å². The zero-order chi connectivity index (χ0) is 9.80. The van der Waals surface area contributed by atoms with Crippen LogP contribution in [0.15, 0.2) is 30.8 Å². The molecule has 1 aromatic carbocycles. The lowest BCUT2D eigenvalue weighted by Gasteiger charge is -2.02. The summed E-state index contributed by atoms with van der Waals surface area (Å²) in [5, 5.41) is 0. The van der Waals surface area contributed by atoms with Crippen molar-refractivity contribution >= 4 is 6.08 Å². The fourth-order valence-electron chi connectivity index (χ4n) is 1.22. The van der Waals surface area contributed by atoms with Gasteiger partial charge >= 0.3 is 0 Å². The van der Waals surface area contributed by atoms with Gasteiger partial charge in [0.2, 0.25) is 0 Å². The lowest BCUT2D eigenvalue weighted by molar-refractivity contribution is 0.104. The zero-order valence-electron chi connectivity index (χ0n) is 8.11. The second-order valence-corrected chi connectivity index (χ2v) is 3.42. The van der Waals surface area contributed by atoms with Gasteiger partial charge in [-0.25, -0.2) is 0 Å². The summed E-state index contributed by atoms with van der Waals surface area (Å²) in [4.78, 5) is 0. The molecule has 2 nitrogen and oxygen atoms in total. The molecule has 2 rings (SSSR count). The van der Waals surface area contributed by atoms with E-state index in [4.69, 9.17) is 9.47 Å². The van der Waals surface area contributed by atoms with Crippen LogP contribution in [0.2, 0.25) is 0 Å². The van der Waals surface area contributed by atoms with Crippen LogP contribution in [0.25, 0.3) is 6.08 Å². The molecule has 14 heavy (non-hydrogen) atoms. The molecule has 0 saturated carbocycles. The maximum atomic E-state index is 5.47. The SMILES string of the molecule is C=Cc1ccc(COC[C@H]2CO2)cc1. The first kappa shape index (κ1) is 9.44. The van der Waals surface area contributed by atoms with Gasteiger partial charge in [-0.05, 0) is 11.1 Å². The Bertz CT molecular complexity index is 299. The fourth-order valence-corrected chi connectivity index (χ4v) is 1.22. The highest BCUT2D eigenvalue weighted by Gasteiger charge is 2.21. The van der Waals surface area contributed by atoms with Crippen LogP contribution in [-0.2, 0) is 16.1 Å². The molecule has 2 heteroatoms. The van der Waals surface area contributed by atoms with Crippen molar-refractivity contribution < 1.29 is 9.47 Å². The van der Waals surface area contributed by atoms with Crippen LogP contribution in [0.1, 0.15) is 11.1 Å². The smallest absolute Gasteiger partial charge is 0.104 e. The molecule has 0 radical (unpaired) electrons. The molecule has 74 valence electrons. The van der Waals surface area contributed by atoms with Gasteiger partial charge in [0, 0.05) is 0 Å². The van der Waals surface area contributed by atoms with Crippen LogP contribution in [0, 0.1) is 0 Å². The average molecular weight is 190 g/mol. The van der Waals surface area contributed by atoms with E-state index in [-0.39, 0.29) is 0 Å². The Hall–Kier alpha value is -1.12. The van der Waals surface area contributed by atoms with Crippen molar-refractivity contribution in [3.05, 3.63) is 42.0 Å². The van der Waals surface area contributed by atoms with Gasteiger partial charge in [-0.3, -0.25) is 0 Å². The Morgan fingerprint density at radius 1 is 1.43 bits per heavy atom. The highest BCUT2D eigenvalue weighted by Crippen LogP contribution is 2.11. The summed E-state index contributed by atoms with van der Waals surface area (Å²) < 4.78 is 10.5. The van der Waals surface area contributed by atoms with E-state index in [9.17, 15) is 0 Å². The molecule has 0 unspecified atom stereocenters. The van der Waals surface area contributed by atoms with E-state index in [1.54, 1.807) is 0 Å². The van der Waals surface area contributed by atoms with Gasteiger partial charge in [-0.1, -0.05) is 36.9 Å². The first-order valence-corrected chi connectivity index (χ1v) is 4.79. The van der Waals surface area contributed by atoms with E-state index in [0.29, 0.717) is 19.3 Å². The predicted octanol–water partition coefficient (Wildman–Crippen LogP) is 2.25. The lowest BCUT2D eigenvalue weighted by Crippen LogP contribution is -2.01. The Kier molecular flexibility index (Phi) is 2.96. The first-order valence-electron chi connectivity index (χ1n) is 4.79. The van der Waals surface area contributed by atoms with Crippen molar-refractivity contribution in [2.45, 2.75) is 12.7 Å². The molecule has 0 aliphatic carbocycles. The quantitative estimate of drug-likeness (QED) is 0.664. The number of epoxide rings is 1. The number of ether oxygens (including phenoxy) is 2. The van der Waals surface area contributed by atoms with E-state index in [1.165, 1.54) is 5.56 Å². The number of benzene rings is 1. The summed E-state index contributed by atoms with van der Waals surface area (Å²) >= 11 is 0. The second-order valence-electron chi connectivity index (χ2n) is 3.42. The molecule has 1 aliphatic rings. The van der Waals surface area contributed by atoms with E-state index in [1.807, 2.05) is 18.2 Å². The second kappa shape index (κ2) is 4.40. The highest BCUT2D eigenvalue weighted by molar-refractivity contribution is 5.47. The van der Waals surface area contributed by atoms with Crippen molar-refractivity contribution in [2.75, 3.05) is 13.2 Å². The number of rotatable bonds is 5. The lowest BCUT2D eigenvalue weighted by atomic mass is 10.1. The van der Waals surface area contributed by atoms with Crippen molar-refractivity contribution in [1.82, 2.24) is 0 Å². The van der Waals surface area contributed by atoms with Crippen LogP contribution < -0.4 is 0 Å². The molecule has 0 N–H and O–H groups in total. The Morgan fingerprint density at radius 3 is 2.71 bits per heavy atom. The Balaban J connectivity index is 1.79. The third-order valence-electron chi connectivity index (χ3n) is 2.19. The molecule has 1 aliphatic heterocycles. The summed E-state index contributed by atoms with van der Waals surface area (Å²) in [5.74, 6) is 0. The molecule has 1 fully saturated rings. The summed E-state index contributed by atoms with van der Waals surface area (Å²) in [6, 6.07) is 8.20. The third-order valence-corrected chi connectivity index (χ3v) is 2.19. The monoisotopic (exact) mass is 190 g/mol. The van der Waals surface area contributed by atoms with Crippen molar-refractivity contribution in [2.24, 2.45) is 0 Å². The summed E-state index contributed by atoms with van der Waals surface area (Å²) in [6.45, 7) is 5.94. The van der Waals surface area contributed by atoms with Gasteiger partial charge in [0.15, 0.2) is 0 Å². The maximum absolute atomic E-state index is 5.47. The van der Waals surface area contributed by atoms with Crippen LogP contribution in [-0.4, -0.2) is 19.3 Å². The van der Waals surface area contributed by atoms with Crippen LogP contribution >= 0.6 is 0 Å². The molecule has 0 amide bonds. The molecule has 1 atom stereocenters. The summed E-state index contributed by atoms with van der Waals surface area (Å²) in [5.41, 5.74) is 2.33. The third kappa shape index (κ3) is 2.69. The van der Waals surface area contributed by atoms with Gasteiger partial charge in [0.05, 0.1) is 19.8 Å². The van der Waals surface area contributed by atoms with Crippen molar-refractivity contribution in [3.63, 3.8) is 0 Å². The van der Waals surface area contributed by atoms with E-state index in [2.05, 4.69) is 18.7 Å². The molecular weight excluding hydrogens is 176 g/mol. The van der Waals surface area contributed by atoms with Gasteiger partial charge in [-0.15, -0.1) is 0 Å². The van der Waals surface area contributed by atoms with Crippen LogP contribution in [0.5, 0.6) is 0 Å². The molecule has 0 aromatic heterocycles. The minimum Gasteiger partial charge on any atom is -0.374 e. The largest absolute Gasteiger partial charge is 0.374 e. The van der Waals surface area contributed by atoms with Gasteiger partial charge in [0.25, 0.3) is 0 Å². The topological polar surface area (TPSA) is 21.8 Å². The maximum Gasteiger partial charge on any atom is 0.104 e. The summed E-state index contributed by atoms with van der Waals surface area (Å²) in [7, 11) is 0. The van der Waals surface area contributed by atoms with Gasteiger partial charge in [0.1, 0.15) is 6.10 Å². The normalized spacial score (nSPS) is 19.3. The number of hydrogen-bond acceptors (Lipinski definition) is 2. The van der Waals surface area contributed by atoms with Gasteiger partial charge < -0.3 is 9.47 Å². The molecule has 1 saturated heterocycles. The fraction of sp³-hybridized carbons (Fsp3) is 0.333. The van der Waals surface area contributed by atoms with Gasteiger partial charge in [-0.2, -0.15) is 0 Å². The molecule has 1 aromatic rings. The van der Waals surface area contributed by atoms with Crippen LogP contribution in [0.3, 0.4) is 0 Å². The number of hydrogen-bond donors (Lipinski definition) is 0. The average Bonchev–Trinajstić information content (AvgIpc) is 3.03. The van der Waals surface area contributed by atoms with E-state index >= 15 is 0 Å².